The molecule has 0 atom stereocenters. The minimum absolute atomic E-state index is 0.568. The van der Waals surface area contributed by atoms with Gasteiger partial charge in [0, 0.05) is 5.69 Å². The summed E-state index contributed by atoms with van der Waals surface area (Å²) in [5.74, 6) is 0. The minimum atomic E-state index is 0.568. The van der Waals surface area contributed by atoms with Crippen LogP contribution in [0.2, 0.25) is 0 Å². The third kappa shape index (κ3) is 1.50. The third-order valence-electron chi connectivity index (χ3n) is 1.69. The smallest absolute Gasteiger partial charge is 0.211 e. The lowest BCUT2D eigenvalue weighted by Gasteiger charge is -1.96. The van der Waals surface area contributed by atoms with Crippen LogP contribution in [0.1, 0.15) is 0 Å². The highest BCUT2D eigenvalue weighted by Crippen LogP contribution is 2.17. The summed E-state index contributed by atoms with van der Waals surface area (Å²) in [4.78, 5) is 17.2. The van der Waals surface area contributed by atoms with Crippen molar-refractivity contribution in [1.82, 2.24) is 9.97 Å². The van der Waals surface area contributed by atoms with E-state index in [0.29, 0.717) is 11.6 Å². The maximum atomic E-state index is 10.2. The van der Waals surface area contributed by atoms with Gasteiger partial charge in [-0.25, -0.2) is 4.98 Å². The Kier molecular flexibility index (Phi) is 1.94. The van der Waals surface area contributed by atoms with Gasteiger partial charge in [0.05, 0.1) is 11.0 Å². The molecule has 0 fully saturated rings. The third-order valence-corrected chi connectivity index (χ3v) is 1.91. The lowest BCUT2D eigenvalue weighted by molar-refractivity contribution is -0.105. The van der Waals surface area contributed by atoms with Crippen molar-refractivity contribution < 1.29 is 4.79 Å². The Morgan fingerprint density at radius 1 is 1.54 bits per heavy atom. The van der Waals surface area contributed by atoms with Crippen LogP contribution in [0.3, 0.4) is 0 Å². The second-order valence-corrected chi connectivity index (χ2v) is 2.98. The molecule has 0 aliphatic rings. The first-order valence-corrected chi connectivity index (χ1v) is 4.13. The molecule has 0 aliphatic carbocycles. The highest BCUT2D eigenvalue weighted by molar-refractivity contribution is 7.80. The van der Waals surface area contributed by atoms with E-state index in [2.05, 4.69) is 27.9 Å². The first kappa shape index (κ1) is 8.12. The maximum Gasteiger partial charge on any atom is 0.211 e. The van der Waals surface area contributed by atoms with Gasteiger partial charge in [-0.3, -0.25) is 4.79 Å². The first-order valence-electron chi connectivity index (χ1n) is 3.68. The van der Waals surface area contributed by atoms with Crippen LogP contribution in [-0.2, 0) is 4.79 Å². The number of imidazole rings is 1. The fourth-order valence-electron chi connectivity index (χ4n) is 1.15. The average Bonchev–Trinajstić information content (AvgIpc) is 2.44. The number of amides is 1. The van der Waals surface area contributed by atoms with Crippen LogP contribution in [0.25, 0.3) is 11.0 Å². The molecule has 1 heterocycles. The van der Waals surface area contributed by atoms with Crippen LogP contribution in [0.4, 0.5) is 5.69 Å². The van der Waals surface area contributed by atoms with E-state index >= 15 is 0 Å². The van der Waals surface area contributed by atoms with Crippen molar-refractivity contribution in [2.24, 2.45) is 0 Å². The SMILES string of the molecule is O=CNc1ccc2nc(S)[nH]c2c1. The Morgan fingerprint density at radius 2 is 2.38 bits per heavy atom. The molecule has 66 valence electrons. The monoisotopic (exact) mass is 193 g/mol. The van der Waals surface area contributed by atoms with Gasteiger partial charge in [-0.15, -0.1) is 12.6 Å². The zero-order chi connectivity index (χ0) is 9.26. The number of hydrogen-bond donors (Lipinski definition) is 3. The van der Waals surface area contributed by atoms with E-state index in [1.807, 2.05) is 6.07 Å². The van der Waals surface area contributed by atoms with E-state index in [4.69, 9.17) is 0 Å². The minimum Gasteiger partial charge on any atom is -0.333 e. The van der Waals surface area contributed by atoms with Gasteiger partial charge in [0.2, 0.25) is 6.41 Å². The largest absolute Gasteiger partial charge is 0.333 e. The summed E-state index contributed by atoms with van der Waals surface area (Å²) in [6.07, 6.45) is 0.638. The normalized spacial score (nSPS) is 10.2. The number of fused-ring (bicyclic) bond motifs is 1. The molecule has 2 rings (SSSR count). The number of nitrogens with one attached hydrogen (secondary N) is 2. The van der Waals surface area contributed by atoms with E-state index < -0.39 is 0 Å². The van der Waals surface area contributed by atoms with Crippen LogP contribution in [-0.4, -0.2) is 16.4 Å². The Hall–Kier alpha value is -1.49. The highest BCUT2D eigenvalue weighted by atomic mass is 32.1. The lowest BCUT2D eigenvalue weighted by Crippen LogP contribution is -1.92. The number of carbonyl (C=O) groups excluding carboxylic acids is 1. The first-order chi connectivity index (χ1) is 6.29. The Morgan fingerprint density at radius 3 is 3.15 bits per heavy atom. The fourth-order valence-corrected chi connectivity index (χ4v) is 1.38. The Labute approximate surface area is 79.8 Å². The molecule has 4 nitrogen and oxygen atoms in total. The molecule has 0 spiro atoms. The Bertz CT molecular complexity index is 452. The number of hydrogen-bond acceptors (Lipinski definition) is 3. The molecule has 1 amide bonds. The van der Waals surface area contributed by atoms with E-state index in [-0.39, 0.29) is 0 Å². The zero-order valence-corrected chi connectivity index (χ0v) is 7.51. The number of H-pyrrole nitrogens is 1. The predicted molar refractivity (Wildman–Crippen MR) is 53.0 cm³/mol. The van der Waals surface area contributed by atoms with Crippen molar-refractivity contribution in [3.05, 3.63) is 18.2 Å². The second-order valence-electron chi connectivity index (χ2n) is 2.55. The number of thiol groups is 1. The van der Waals surface area contributed by atoms with Crippen molar-refractivity contribution in [2.45, 2.75) is 5.16 Å². The molecule has 13 heavy (non-hydrogen) atoms. The van der Waals surface area contributed by atoms with E-state index in [1.165, 1.54) is 0 Å². The highest BCUT2D eigenvalue weighted by Gasteiger charge is 1.99. The molecule has 0 unspecified atom stereocenters. The second kappa shape index (κ2) is 3.10. The molecule has 0 radical (unpaired) electrons. The van der Waals surface area contributed by atoms with Crippen molar-refractivity contribution in [2.75, 3.05) is 5.32 Å². The summed E-state index contributed by atoms with van der Waals surface area (Å²) >= 11 is 4.07. The van der Waals surface area contributed by atoms with Crippen LogP contribution in [0.5, 0.6) is 0 Å². The topological polar surface area (TPSA) is 57.8 Å². The van der Waals surface area contributed by atoms with E-state index in [1.54, 1.807) is 12.1 Å². The van der Waals surface area contributed by atoms with Gasteiger partial charge in [-0.2, -0.15) is 0 Å². The maximum absolute atomic E-state index is 10.2. The molecule has 0 saturated carbocycles. The number of anilines is 1. The van der Waals surface area contributed by atoms with Gasteiger partial charge in [0.1, 0.15) is 0 Å². The van der Waals surface area contributed by atoms with Gasteiger partial charge >= 0.3 is 0 Å². The van der Waals surface area contributed by atoms with Crippen molar-refractivity contribution in [1.29, 1.82) is 0 Å². The quantitative estimate of drug-likeness (QED) is 0.499. The summed E-state index contributed by atoms with van der Waals surface area (Å²) in [6.45, 7) is 0. The number of aromatic nitrogens is 2. The van der Waals surface area contributed by atoms with E-state index in [9.17, 15) is 4.79 Å². The summed E-state index contributed by atoms with van der Waals surface area (Å²) in [7, 11) is 0. The van der Waals surface area contributed by atoms with Gasteiger partial charge in [-0.1, -0.05) is 0 Å². The summed E-state index contributed by atoms with van der Waals surface area (Å²) < 4.78 is 0. The molecule has 0 bridgehead atoms. The molecule has 2 N–H and O–H groups in total. The zero-order valence-electron chi connectivity index (χ0n) is 6.61. The molecule has 0 aliphatic heterocycles. The molecule has 1 aromatic heterocycles. The van der Waals surface area contributed by atoms with Crippen molar-refractivity contribution in [3.63, 3.8) is 0 Å². The van der Waals surface area contributed by atoms with Crippen LogP contribution in [0, 0.1) is 0 Å². The van der Waals surface area contributed by atoms with Crippen molar-refractivity contribution >= 4 is 35.8 Å². The number of benzene rings is 1. The number of rotatable bonds is 2. The van der Waals surface area contributed by atoms with Crippen LogP contribution >= 0.6 is 12.6 Å². The number of aromatic amines is 1. The summed E-state index contributed by atoms with van der Waals surface area (Å²) in [5.41, 5.74) is 2.43. The fraction of sp³-hybridized carbons (Fsp3) is 0. The van der Waals surface area contributed by atoms with Gasteiger partial charge in [0.15, 0.2) is 5.16 Å². The van der Waals surface area contributed by atoms with Gasteiger partial charge in [0.25, 0.3) is 0 Å². The van der Waals surface area contributed by atoms with Gasteiger partial charge in [-0.05, 0) is 18.2 Å². The predicted octanol–water partition coefficient (Wildman–Crippen LogP) is 1.42. The molecule has 5 heteroatoms. The standard InChI is InChI=1S/C8H7N3OS/c12-4-9-5-1-2-6-7(3-5)11-8(13)10-6/h1-4H,(H,9,12)(H2,10,11,13). The number of nitrogens with zero attached hydrogens (tertiary/aromatic N) is 1. The molecule has 2 aromatic rings. The van der Waals surface area contributed by atoms with Crippen LogP contribution < -0.4 is 5.32 Å². The van der Waals surface area contributed by atoms with Gasteiger partial charge < -0.3 is 10.3 Å². The lowest BCUT2D eigenvalue weighted by atomic mass is 10.3. The molecule has 0 saturated heterocycles. The number of carbonyl (C=O) groups is 1. The Balaban J connectivity index is 2.54. The summed E-state index contributed by atoms with van der Waals surface area (Å²) in [6, 6.07) is 5.40. The molecule has 1 aromatic carbocycles. The van der Waals surface area contributed by atoms with E-state index in [0.717, 1.165) is 16.7 Å². The summed E-state index contributed by atoms with van der Waals surface area (Å²) in [5, 5.41) is 3.12. The van der Waals surface area contributed by atoms with Crippen LogP contribution in [0.15, 0.2) is 23.4 Å². The van der Waals surface area contributed by atoms with Crippen molar-refractivity contribution in [3.8, 4) is 0 Å². The average molecular weight is 193 g/mol. The molecular weight excluding hydrogens is 186 g/mol. The molecular formula is C8H7N3OS.